The molecule has 0 aromatic heterocycles. The Morgan fingerprint density at radius 1 is 0.759 bits per heavy atom. The molecule has 17 heteroatoms. The Balaban J connectivity index is 0.00000567. The maximum atomic E-state index is 15.6. The van der Waals surface area contributed by atoms with Crippen LogP contribution >= 0.6 is 35.6 Å². The minimum absolute atomic E-state index is 0. The van der Waals surface area contributed by atoms with Crippen molar-refractivity contribution < 1.29 is 26.4 Å². The molecule has 7 rings (SSSR count). The molecule has 58 heavy (non-hydrogen) atoms. The van der Waals surface area contributed by atoms with E-state index in [1.807, 2.05) is 61.5 Å². The highest BCUT2D eigenvalue weighted by Gasteiger charge is 2.55. The van der Waals surface area contributed by atoms with Gasteiger partial charge in [0, 0.05) is 86.8 Å². The molecule has 1 amide bonds. The number of sulfone groups is 1. The van der Waals surface area contributed by atoms with E-state index < -0.39 is 37.6 Å². The van der Waals surface area contributed by atoms with Gasteiger partial charge in [-0.3, -0.25) is 20.3 Å². The van der Waals surface area contributed by atoms with Gasteiger partial charge in [0.25, 0.3) is 5.91 Å². The lowest BCUT2D eigenvalue weighted by atomic mass is 9.95. The number of piperidine rings is 2. The molecule has 12 nitrogen and oxygen atoms in total. The van der Waals surface area contributed by atoms with E-state index in [1.54, 1.807) is 15.3 Å². The number of carbonyl (C=O) groups is 1. The van der Waals surface area contributed by atoms with Crippen LogP contribution in [-0.2, 0) is 30.3 Å². The molecule has 0 radical (unpaired) electrons. The average molecular weight is 898 g/mol. The third-order valence-corrected chi connectivity index (χ3v) is 15.0. The van der Waals surface area contributed by atoms with Crippen molar-refractivity contribution in [3.8, 4) is 5.75 Å². The number of hydrogen-bond acceptors (Lipinski definition) is 10. The summed E-state index contributed by atoms with van der Waals surface area (Å²) in [5, 5.41) is 8.66. The van der Waals surface area contributed by atoms with Crippen LogP contribution in [0.25, 0.3) is 0 Å². The Kier molecular flexibility index (Phi) is 14.7. The topological polar surface area (TPSA) is 132 Å². The number of anilines is 1. The smallest absolute Gasteiger partial charge is 0.262 e. The van der Waals surface area contributed by atoms with E-state index in [9.17, 15) is 16.8 Å². The highest BCUT2D eigenvalue weighted by molar-refractivity contribution is 7.90. The number of benzene rings is 3. The van der Waals surface area contributed by atoms with Crippen LogP contribution in [0.3, 0.4) is 0 Å². The normalized spacial score (nSPS) is 23.7. The Morgan fingerprint density at radius 3 is 1.78 bits per heavy atom. The minimum atomic E-state index is -4.00. The summed E-state index contributed by atoms with van der Waals surface area (Å²) >= 11 is 12.8. The fourth-order valence-corrected chi connectivity index (χ4v) is 11.2. The van der Waals surface area contributed by atoms with Gasteiger partial charge in [0.1, 0.15) is 20.5 Å². The van der Waals surface area contributed by atoms with Crippen LogP contribution in [0.15, 0.2) is 65.6 Å². The number of nitrogens with zero attached hydrogens (tertiary/aromatic N) is 4. The molecule has 0 bridgehead atoms. The second-order valence-corrected chi connectivity index (χ2v) is 20.7. The quantitative estimate of drug-likeness (QED) is 0.224. The predicted octanol–water partition coefficient (Wildman–Crippen LogP) is 6.00. The fraction of sp³-hybridized carbons (Fsp3) is 0.537. The minimum Gasteiger partial charge on any atom is -0.493 e. The van der Waals surface area contributed by atoms with Gasteiger partial charge in [0.05, 0.1) is 30.1 Å². The SMILES string of the molecule is CCOc1cc(N2CCCCC2)c(S(=O)(=O)N2CCCCC2)cc1C1(C(=O)N2CCN(CCS(C)(=O)=O)CC2)N[C@H](c2ccc(Cl)cc2)[C@H](c2ccc(Cl)cc2)N1.Cl. The summed E-state index contributed by atoms with van der Waals surface area (Å²) in [6.07, 6.45) is 6.75. The first-order chi connectivity index (χ1) is 27.3. The number of rotatable bonds is 12. The first kappa shape index (κ1) is 44.9. The predicted molar refractivity (Wildman–Crippen MR) is 233 cm³/mol. The zero-order valence-corrected chi connectivity index (χ0v) is 37.1. The van der Waals surface area contributed by atoms with Gasteiger partial charge in [-0.05, 0) is 80.5 Å². The summed E-state index contributed by atoms with van der Waals surface area (Å²) in [7, 11) is -7.16. The summed E-state index contributed by atoms with van der Waals surface area (Å²) in [5.41, 5.74) is 1.06. The molecule has 3 aromatic rings. The summed E-state index contributed by atoms with van der Waals surface area (Å²) < 4.78 is 61.8. The van der Waals surface area contributed by atoms with Crippen molar-refractivity contribution in [1.82, 2.24) is 24.7 Å². The lowest BCUT2D eigenvalue weighted by Crippen LogP contribution is -2.62. The van der Waals surface area contributed by atoms with Gasteiger partial charge in [0.2, 0.25) is 10.0 Å². The van der Waals surface area contributed by atoms with Gasteiger partial charge < -0.3 is 14.5 Å². The van der Waals surface area contributed by atoms with Gasteiger partial charge in [0.15, 0.2) is 5.66 Å². The van der Waals surface area contributed by atoms with Crippen LogP contribution in [0.2, 0.25) is 10.0 Å². The molecular weight excluding hydrogens is 843 g/mol. The van der Waals surface area contributed by atoms with Crippen LogP contribution in [-0.4, -0.2) is 114 Å². The van der Waals surface area contributed by atoms with Crippen molar-refractivity contribution in [2.45, 2.75) is 68.1 Å². The van der Waals surface area contributed by atoms with Crippen LogP contribution in [0.5, 0.6) is 5.75 Å². The molecule has 0 spiro atoms. The maximum absolute atomic E-state index is 15.6. The lowest BCUT2D eigenvalue weighted by Gasteiger charge is -2.41. The zero-order chi connectivity index (χ0) is 40.4. The molecular formula is C41H55Cl3N6O6S2. The maximum Gasteiger partial charge on any atom is 0.262 e. The van der Waals surface area contributed by atoms with E-state index in [4.69, 9.17) is 27.9 Å². The van der Waals surface area contributed by atoms with Crippen molar-refractivity contribution in [3.63, 3.8) is 0 Å². The van der Waals surface area contributed by atoms with Crippen LogP contribution < -0.4 is 20.3 Å². The van der Waals surface area contributed by atoms with E-state index >= 15 is 4.79 Å². The monoisotopic (exact) mass is 896 g/mol. The molecule has 2 N–H and O–H groups in total. The number of carbonyl (C=O) groups excluding carboxylic acids is 1. The molecule has 4 heterocycles. The third-order valence-electron chi connectivity index (χ3n) is 11.7. The number of nitrogens with one attached hydrogen (secondary N) is 2. The average Bonchev–Trinajstić information content (AvgIpc) is 3.62. The summed E-state index contributed by atoms with van der Waals surface area (Å²) in [5.74, 6) is 0.172. The molecule has 3 aromatic carbocycles. The van der Waals surface area contributed by atoms with E-state index in [2.05, 4.69) is 20.4 Å². The number of amides is 1. The Morgan fingerprint density at radius 2 is 1.28 bits per heavy atom. The first-order valence-corrected chi connectivity index (χ1v) is 24.4. The van der Waals surface area contributed by atoms with Crippen molar-refractivity contribution in [3.05, 3.63) is 87.4 Å². The zero-order valence-electron chi connectivity index (χ0n) is 33.2. The van der Waals surface area contributed by atoms with Crippen LogP contribution in [0, 0.1) is 0 Å². The highest BCUT2D eigenvalue weighted by Crippen LogP contribution is 2.47. The summed E-state index contributed by atoms with van der Waals surface area (Å²) in [6.45, 7) is 6.52. The van der Waals surface area contributed by atoms with Gasteiger partial charge in [-0.15, -0.1) is 12.4 Å². The molecule has 1 unspecified atom stereocenters. The first-order valence-electron chi connectivity index (χ1n) is 20.1. The largest absolute Gasteiger partial charge is 0.493 e. The second kappa shape index (κ2) is 18.9. The molecule has 318 valence electrons. The van der Waals surface area contributed by atoms with Crippen molar-refractivity contribution in [2.24, 2.45) is 0 Å². The highest BCUT2D eigenvalue weighted by atomic mass is 35.5. The summed E-state index contributed by atoms with van der Waals surface area (Å²) in [6, 6.07) is 17.6. The standard InChI is InChI=1S/C41H54Cl2N6O6S2.ClH/c1-3-55-36-29-35(47-18-6-4-7-19-47)37(57(53,54)49-20-8-5-9-21-49)28-34(36)41(40(50)48-24-22-46(23-25-48)26-27-56(2,51)52)44-38(30-10-14-32(42)15-11-30)39(45-41)31-12-16-33(43)17-13-31;/h10-17,28-29,38-39,44-45H,3-9,18-27H2,1-2H3;1H/t38-,39+,41?;. The van der Waals surface area contributed by atoms with Crippen molar-refractivity contribution in [2.75, 3.05) is 82.4 Å². The number of hydrogen-bond donors (Lipinski definition) is 2. The van der Waals surface area contributed by atoms with Gasteiger partial charge in [-0.1, -0.05) is 53.9 Å². The number of ether oxygens (including phenoxy) is 1. The Hall–Kier alpha value is -2.66. The Labute approximate surface area is 359 Å². The lowest BCUT2D eigenvalue weighted by molar-refractivity contribution is -0.141. The van der Waals surface area contributed by atoms with E-state index in [1.165, 1.54) is 6.26 Å². The van der Waals surface area contributed by atoms with E-state index in [0.717, 1.165) is 62.7 Å². The molecule has 3 atom stereocenters. The molecule has 4 aliphatic heterocycles. The second-order valence-electron chi connectivity index (χ2n) is 15.6. The molecule has 4 fully saturated rings. The van der Waals surface area contributed by atoms with Crippen LogP contribution in [0.1, 0.15) is 74.2 Å². The third kappa shape index (κ3) is 9.76. The fourth-order valence-electron chi connectivity index (χ4n) is 8.62. The van der Waals surface area contributed by atoms with Gasteiger partial charge in [-0.2, -0.15) is 4.31 Å². The van der Waals surface area contributed by atoms with Crippen molar-refractivity contribution in [1.29, 1.82) is 0 Å². The number of sulfonamides is 1. The van der Waals surface area contributed by atoms with Crippen molar-refractivity contribution >= 4 is 67.1 Å². The number of piperazine rings is 1. The number of halogens is 3. The molecule has 0 aliphatic carbocycles. The van der Waals surface area contributed by atoms with E-state index in [0.29, 0.717) is 72.9 Å². The van der Waals surface area contributed by atoms with Gasteiger partial charge in [-0.25, -0.2) is 16.8 Å². The molecule has 4 aliphatic rings. The van der Waals surface area contributed by atoms with Gasteiger partial charge >= 0.3 is 0 Å². The Bertz CT molecular complexity index is 2050. The molecule has 4 saturated heterocycles. The summed E-state index contributed by atoms with van der Waals surface area (Å²) in [4.78, 5) is 21.8. The van der Waals surface area contributed by atoms with E-state index in [-0.39, 0.29) is 35.6 Å². The van der Waals surface area contributed by atoms with Crippen LogP contribution in [0.4, 0.5) is 5.69 Å². The molecule has 0 saturated carbocycles.